The summed E-state index contributed by atoms with van der Waals surface area (Å²) >= 11 is 5.93. The van der Waals surface area contributed by atoms with Crippen LogP contribution < -0.4 is 5.32 Å². The third kappa shape index (κ3) is 3.29. The molecule has 0 spiro atoms. The molecule has 0 saturated carbocycles. The molecule has 1 amide bonds. The van der Waals surface area contributed by atoms with Crippen LogP contribution in [0.4, 0.5) is 0 Å². The second kappa shape index (κ2) is 7.26. The molecule has 1 fully saturated rings. The van der Waals surface area contributed by atoms with E-state index in [4.69, 9.17) is 21.1 Å². The van der Waals surface area contributed by atoms with Crippen LogP contribution in [0.3, 0.4) is 0 Å². The van der Waals surface area contributed by atoms with E-state index in [2.05, 4.69) is 15.6 Å². The Morgan fingerprint density at radius 1 is 1.30 bits per heavy atom. The van der Waals surface area contributed by atoms with Crippen LogP contribution in [-0.2, 0) is 9.47 Å². The molecule has 0 aliphatic carbocycles. The highest BCUT2D eigenvalue weighted by atomic mass is 35.5. The molecule has 3 aromatic rings. The molecule has 2 heterocycles. The van der Waals surface area contributed by atoms with Crippen LogP contribution in [0.15, 0.2) is 48.5 Å². The Morgan fingerprint density at radius 2 is 2.07 bits per heavy atom. The summed E-state index contributed by atoms with van der Waals surface area (Å²) in [7, 11) is 0. The number of hydrogen-bond donors (Lipinski definition) is 1. The first-order valence-corrected chi connectivity index (χ1v) is 9.09. The van der Waals surface area contributed by atoms with Crippen molar-refractivity contribution in [3.8, 4) is 0 Å². The maximum atomic E-state index is 12.9. The minimum atomic E-state index is -0.738. The van der Waals surface area contributed by atoms with Crippen molar-refractivity contribution in [1.82, 2.24) is 20.3 Å². The Morgan fingerprint density at radius 3 is 2.78 bits per heavy atom. The molecule has 1 saturated heterocycles. The van der Waals surface area contributed by atoms with Gasteiger partial charge in [0.2, 0.25) is 0 Å². The van der Waals surface area contributed by atoms with Gasteiger partial charge in [-0.2, -0.15) is 0 Å². The lowest BCUT2D eigenvalue weighted by molar-refractivity contribution is -0.0527. The number of carbonyl (C=O) groups excluding carboxylic acids is 1. The van der Waals surface area contributed by atoms with Crippen LogP contribution in [0.2, 0.25) is 5.02 Å². The van der Waals surface area contributed by atoms with Gasteiger partial charge in [0, 0.05) is 10.6 Å². The Balaban J connectivity index is 1.74. The van der Waals surface area contributed by atoms with Gasteiger partial charge in [-0.25, -0.2) is 4.68 Å². The van der Waals surface area contributed by atoms with Gasteiger partial charge >= 0.3 is 0 Å². The van der Waals surface area contributed by atoms with E-state index >= 15 is 0 Å². The number of benzene rings is 2. The Hall–Kier alpha value is -2.48. The van der Waals surface area contributed by atoms with E-state index < -0.39 is 11.8 Å². The van der Waals surface area contributed by atoms with Crippen LogP contribution in [0.5, 0.6) is 0 Å². The zero-order valence-corrected chi connectivity index (χ0v) is 15.5. The maximum absolute atomic E-state index is 12.9. The normalized spacial score (nSPS) is 20.7. The van der Waals surface area contributed by atoms with E-state index in [-0.39, 0.29) is 12.7 Å². The van der Waals surface area contributed by atoms with Gasteiger partial charge in [-0.05, 0) is 42.8 Å². The van der Waals surface area contributed by atoms with Crippen molar-refractivity contribution in [2.45, 2.75) is 25.1 Å². The van der Waals surface area contributed by atoms with Crippen molar-refractivity contribution in [3.63, 3.8) is 0 Å². The van der Waals surface area contributed by atoms with E-state index in [1.807, 2.05) is 31.2 Å². The SMILES string of the molecule is CCC1(C(NC(=O)c2ccc(Cl)cc2)n2nnc3ccccc32)COCO1. The van der Waals surface area contributed by atoms with Crippen molar-refractivity contribution in [2.75, 3.05) is 13.4 Å². The highest BCUT2D eigenvalue weighted by molar-refractivity contribution is 6.30. The molecule has 7 nitrogen and oxygen atoms in total. The molecule has 4 rings (SSSR count). The zero-order chi connectivity index (χ0) is 18.9. The number of nitrogens with one attached hydrogen (secondary N) is 1. The zero-order valence-electron chi connectivity index (χ0n) is 14.8. The summed E-state index contributed by atoms with van der Waals surface area (Å²) in [4.78, 5) is 12.9. The third-order valence-corrected chi connectivity index (χ3v) is 5.12. The smallest absolute Gasteiger partial charge is 0.253 e. The highest BCUT2D eigenvalue weighted by Gasteiger charge is 2.45. The molecule has 0 radical (unpaired) electrons. The van der Waals surface area contributed by atoms with Crippen LogP contribution in [0.1, 0.15) is 29.9 Å². The van der Waals surface area contributed by atoms with Crippen LogP contribution >= 0.6 is 11.6 Å². The summed E-state index contributed by atoms with van der Waals surface area (Å²) in [5.41, 5.74) is 1.31. The van der Waals surface area contributed by atoms with Crippen molar-refractivity contribution in [2.24, 2.45) is 0 Å². The number of fused-ring (bicyclic) bond motifs is 1. The quantitative estimate of drug-likeness (QED) is 0.728. The number of nitrogens with zero attached hydrogens (tertiary/aromatic N) is 3. The molecule has 1 aromatic heterocycles. The summed E-state index contributed by atoms with van der Waals surface area (Å²) < 4.78 is 13.1. The van der Waals surface area contributed by atoms with E-state index in [0.717, 1.165) is 11.0 Å². The van der Waals surface area contributed by atoms with Gasteiger partial charge < -0.3 is 14.8 Å². The van der Waals surface area contributed by atoms with Crippen molar-refractivity contribution in [3.05, 3.63) is 59.1 Å². The van der Waals surface area contributed by atoms with Gasteiger partial charge in [-0.3, -0.25) is 4.79 Å². The third-order valence-electron chi connectivity index (χ3n) is 4.87. The van der Waals surface area contributed by atoms with Crippen molar-refractivity contribution < 1.29 is 14.3 Å². The van der Waals surface area contributed by atoms with Crippen LogP contribution in [0, 0.1) is 0 Å². The molecule has 2 atom stereocenters. The molecule has 2 unspecified atom stereocenters. The molecule has 1 aliphatic rings. The summed E-state index contributed by atoms with van der Waals surface area (Å²) in [6.07, 6.45) is 0.0489. The lowest BCUT2D eigenvalue weighted by Crippen LogP contribution is -2.51. The first-order valence-electron chi connectivity index (χ1n) is 8.71. The number of carbonyl (C=O) groups is 1. The molecule has 1 aliphatic heterocycles. The fourth-order valence-electron chi connectivity index (χ4n) is 3.27. The monoisotopic (exact) mass is 386 g/mol. The fourth-order valence-corrected chi connectivity index (χ4v) is 3.40. The maximum Gasteiger partial charge on any atom is 0.253 e. The molecule has 0 bridgehead atoms. The standard InChI is InChI=1S/C19H19ClN4O3/c1-2-19(11-26-12-27-19)18(21-17(25)13-7-9-14(20)10-8-13)24-16-6-4-3-5-15(16)22-23-24/h3-10,18H,2,11-12H2,1H3,(H,21,25). The average molecular weight is 387 g/mol. The summed E-state index contributed by atoms with van der Waals surface area (Å²) in [5, 5.41) is 12.1. The summed E-state index contributed by atoms with van der Waals surface area (Å²) in [6, 6.07) is 14.3. The number of amides is 1. The molecular formula is C19H19ClN4O3. The molecule has 27 heavy (non-hydrogen) atoms. The lowest BCUT2D eigenvalue weighted by atomic mass is 9.97. The van der Waals surface area contributed by atoms with Crippen molar-refractivity contribution >= 4 is 28.5 Å². The highest BCUT2D eigenvalue weighted by Crippen LogP contribution is 2.34. The average Bonchev–Trinajstić information content (AvgIpc) is 3.34. The number of para-hydroxylation sites is 1. The number of hydrogen-bond acceptors (Lipinski definition) is 5. The van der Waals surface area contributed by atoms with Gasteiger partial charge in [0.25, 0.3) is 5.91 Å². The minimum absolute atomic E-state index is 0.174. The van der Waals surface area contributed by atoms with E-state index in [1.54, 1.807) is 28.9 Å². The molecule has 8 heteroatoms. The number of ether oxygens (including phenoxy) is 2. The van der Waals surface area contributed by atoms with Gasteiger partial charge in [0.15, 0.2) is 6.17 Å². The number of rotatable bonds is 5. The first-order chi connectivity index (χ1) is 13.1. The Kier molecular flexibility index (Phi) is 4.82. The molecular weight excluding hydrogens is 368 g/mol. The second-order valence-electron chi connectivity index (χ2n) is 6.43. The molecule has 2 aromatic carbocycles. The van der Waals surface area contributed by atoms with Crippen LogP contribution in [-0.4, -0.2) is 39.9 Å². The van der Waals surface area contributed by atoms with Gasteiger partial charge in [0.1, 0.15) is 17.9 Å². The van der Waals surface area contributed by atoms with E-state index in [9.17, 15) is 4.79 Å². The topological polar surface area (TPSA) is 78.3 Å². The largest absolute Gasteiger partial charge is 0.352 e. The van der Waals surface area contributed by atoms with Gasteiger partial charge in [0.05, 0.1) is 12.1 Å². The van der Waals surface area contributed by atoms with Crippen LogP contribution in [0.25, 0.3) is 11.0 Å². The lowest BCUT2D eigenvalue weighted by Gasteiger charge is -2.34. The summed E-state index contributed by atoms with van der Waals surface area (Å²) in [5.74, 6) is -0.250. The second-order valence-corrected chi connectivity index (χ2v) is 6.87. The predicted molar refractivity (Wildman–Crippen MR) is 100 cm³/mol. The molecule has 140 valence electrons. The Bertz CT molecular complexity index is 951. The summed E-state index contributed by atoms with van der Waals surface area (Å²) in [6.45, 7) is 2.52. The number of halogens is 1. The predicted octanol–water partition coefficient (Wildman–Crippen LogP) is 3.17. The van der Waals surface area contributed by atoms with Gasteiger partial charge in [-0.15, -0.1) is 5.10 Å². The Labute approximate surface area is 161 Å². The first kappa shape index (κ1) is 17.9. The molecule has 1 N–H and O–H groups in total. The number of aromatic nitrogens is 3. The fraction of sp³-hybridized carbons (Fsp3) is 0.316. The van der Waals surface area contributed by atoms with Gasteiger partial charge in [-0.1, -0.05) is 35.9 Å². The van der Waals surface area contributed by atoms with E-state index in [1.165, 1.54) is 0 Å². The van der Waals surface area contributed by atoms with E-state index in [0.29, 0.717) is 23.6 Å². The minimum Gasteiger partial charge on any atom is -0.352 e. The van der Waals surface area contributed by atoms with Crippen molar-refractivity contribution in [1.29, 1.82) is 0 Å².